The highest BCUT2D eigenvalue weighted by molar-refractivity contribution is 6.10. The van der Waals surface area contributed by atoms with Gasteiger partial charge < -0.3 is 9.40 Å². The van der Waals surface area contributed by atoms with Gasteiger partial charge in [-0.15, -0.1) is 0 Å². The Bertz CT molecular complexity index is 2530. The Kier molecular flexibility index (Phi) is 7.29. The number of hydrogen-bond donors (Lipinski definition) is 2. The zero-order valence-corrected chi connectivity index (χ0v) is 25.8. The quantitative estimate of drug-likeness (QED) is 0.149. The van der Waals surface area contributed by atoms with Crippen molar-refractivity contribution in [2.24, 2.45) is 4.99 Å². The first-order valence-electron chi connectivity index (χ1n) is 15.7. The van der Waals surface area contributed by atoms with E-state index >= 15 is 0 Å². The highest BCUT2D eigenvalue weighted by Crippen LogP contribution is 2.38. The predicted molar refractivity (Wildman–Crippen MR) is 193 cm³/mol. The number of aromatic amines is 1. The Morgan fingerprint density at radius 2 is 1.17 bits per heavy atom. The van der Waals surface area contributed by atoms with E-state index in [0.29, 0.717) is 11.1 Å². The third kappa shape index (κ3) is 5.49. The number of aromatic nitrogens is 1. The average molecular weight is 617 g/mol. The number of para-hydroxylation sites is 1. The van der Waals surface area contributed by atoms with Gasteiger partial charge in [-0.2, -0.15) is 5.26 Å². The fraction of sp³-hybridized carbons (Fsp3) is 0. The second-order valence-corrected chi connectivity index (χ2v) is 11.6. The molecule has 0 unspecified atom stereocenters. The number of H-pyrrole nitrogens is 1. The van der Waals surface area contributed by atoms with Crippen molar-refractivity contribution in [1.82, 2.24) is 4.98 Å². The Morgan fingerprint density at radius 1 is 0.583 bits per heavy atom. The fourth-order valence-electron chi connectivity index (χ4n) is 6.10. The van der Waals surface area contributed by atoms with E-state index in [9.17, 15) is 5.26 Å². The van der Waals surface area contributed by atoms with Crippen LogP contribution in [0, 0.1) is 16.7 Å². The van der Waals surface area contributed by atoms with Crippen LogP contribution in [-0.4, -0.2) is 10.8 Å². The number of fused-ring (bicyclic) bond motifs is 3. The molecule has 0 bridgehead atoms. The van der Waals surface area contributed by atoms with Crippen LogP contribution in [-0.2, 0) is 0 Å². The standard InChI is InChI=1S/C43H28N4O/c44-27-28-7-9-34(10-8-28)37-4-3-5-38-39-26-36(23-24-40(39)48-42(37)38)33-17-15-31(16-18-33)29-11-13-30(14-12-29)32-19-21-35(22-20-32)43(45)47-41-6-1-2-25-46-41/h1-26H,(H2,45,46,47). The molecule has 0 aliphatic carbocycles. The Hall–Kier alpha value is -6.77. The number of hydrogen-bond acceptors (Lipinski definition) is 3. The van der Waals surface area contributed by atoms with E-state index in [2.05, 4.69) is 94.9 Å². The summed E-state index contributed by atoms with van der Waals surface area (Å²) >= 11 is 0. The summed E-state index contributed by atoms with van der Waals surface area (Å²) in [6.45, 7) is 0. The lowest BCUT2D eigenvalue weighted by Crippen LogP contribution is -2.09. The summed E-state index contributed by atoms with van der Waals surface area (Å²) in [5.41, 5.74) is 12.5. The van der Waals surface area contributed by atoms with Crippen LogP contribution in [0.3, 0.4) is 0 Å². The molecule has 48 heavy (non-hydrogen) atoms. The molecule has 2 aromatic heterocycles. The van der Waals surface area contributed by atoms with Crippen LogP contribution in [0.5, 0.6) is 0 Å². The van der Waals surface area contributed by atoms with Gasteiger partial charge in [-0.3, -0.25) is 5.41 Å². The summed E-state index contributed by atoms with van der Waals surface area (Å²) in [6.07, 6.45) is 1.80. The summed E-state index contributed by atoms with van der Waals surface area (Å²) in [5, 5.41) is 19.7. The molecule has 0 spiro atoms. The maximum Gasteiger partial charge on any atom is 0.154 e. The molecule has 0 radical (unpaired) electrons. The van der Waals surface area contributed by atoms with Crippen molar-refractivity contribution in [1.29, 1.82) is 10.7 Å². The molecule has 0 atom stereocenters. The lowest BCUT2D eigenvalue weighted by molar-refractivity contribution is 0.670. The monoisotopic (exact) mass is 616 g/mol. The summed E-state index contributed by atoms with van der Waals surface area (Å²) in [6, 6.07) is 53.2. The van der Waals surface area contributed by atoms with Crippen LogP contribution in [0.15, 0.2) is 167 Å². The van der Waals surface area contributed by atoms with Gasteiger partial charge in [0.1, 0.15) is 16.7 Å². The minimum Gasteiger partial charge on any atom is -0.455 e. The van der Waals surface area contributed by atoms with E-state index < -0.39 is 0 Å². The maximum atomic E-state index is 9.18. The Balaban J connectivity index is 1.02. The van der Waals surface area contributed by atoms with E-state index in [1.807, 2.05) is 72.8 Å². The second-order valence-electron chi connectivity index (χ2n) is 11.6. The highest BCUT2D eigenvalue weighted by atomic mass is 16.3. The fourth-order valence-corrected chi connectivity index (χ4v) is 6.10. The molecule has 8 aromatic rings. The van der Waals surface area contributed by atoms with Crippen molar-refractivity contribution in [3.8, 4) is 50.6 Å². The minimum atomic E-state index is 0.217. The summed E-state index contributed by atoms with van der Waals surface area (Å²) in [7, 11) is 0. The Morgan fingerprint density at radius 3 is 1.77 bits per heavy atom. The van der Waals surface area contributed by atoms with Gasteiger partial charge in [0.05, 0.1) is 11.6 Å². The van der Waals surface area contributed by atoms with Crippen molar-refractivity contribution in [3.63, 3.8) is 0 Å². The molecule has 0 saturated heterocycles. The number of nitriles is 1. The lowest BCUT2D eigenvalue weighted by Gasteiger charge is -2.08. The third-order valence-electron chi connectivity index (χ3n) is 8.67. The first kappa shape index (κ1) is 28.7. The van der Waals surface area contributed by atoms with Crippen LogP contribution in [0.1, 0.15) is 11.1 Å². The first-order valence-corrected chi connectivity index (χ1v) is 15.7. The highest BCUT2D eigenvalue weighted by Gasteiger charge is 2.13. The lowest BCUT2D eigenvalue weighted by atomic mass is 9.97. The second kappa shape index (κ2) is 12.2. The molecule has 0 amide bonds. The number of furan rings is 1. The van der Waals surface area contributed by atoms with E-state index in [0.717, 1.165) is 72.0 Å². The molecular formula is C43H28N4O. The van der Waals surface area contributed by atoms with Crippen LogP contribution in [0.25, 0.3) is 66.4 Å². The molecule has 6 aromatic carbocycles. The molecule has 2 N–H and O–H groups in total. The SMILES string of the molecule is N#Cc1ccc(-c2cccc3c2oc2ccc(-c4ccc(-c5ccc(-c6ccc(C(=N)N=c7cccc[nH]7)cc6)cc5)cc4)cc23)cc1. The van der Waals surface area contributed by atoms with Crippen molar-refractivity contribution in [3.05, 3.63) is 174 Å². The van der Waals surface area contributed by atoms with Gasteiger partial charge in [0, 0.05) is 28.1 Å². The van der Waals surface area contributed by atoms with Gasteiger partial charge in [-0.25, -0.2) is 4.99 Å². The molecular weight excluding hydrogens is 589 g/mol. The van der Waals surface area contributed by atoms with Crippen LogP contribution >= 0.6 is 0 Å². The number of benzene rings is 6. The van der Waals surface area contributed by atoms with Gasteiger partial charge in [0.2, 0.25) is 0 Å². The number of amidine groups is 1. The Labute approximate surface area is 277 Å². The molecule has 226 valence electrons. The summed E-state index contributed by atoms with van der Waals surface area (Å²) in [4.78, 5) is 7.40. The van der Waals surface area contributed by atoms with E-state index in [-0.39, 0.29) is 5.84 Å². The molecule has 8 rings (SSSR count). The number of nitrogens with one attached hydrogen (secondary N) is 2. The maximum absolute atomic E-state index is 9.18. The normalized spacial score (nSPS) is 11.5. The van der Waals surface area contributed by atoms with Crippen molar-refractivity contribution in [2.75, 3.05) is 0 Å². The number of nitrogens with zero attached hydrogens (tertiary/aromatic N) is 2. The largest absolute Gasteiger partial charge is 0.455 e. The third-order valence-corrected chi connectivity index (χ3v) is 8.67. The van der Waals surface area contributed by atoms with Gasteiger partial charge in [0.25, 0.3) is 0 Å². The van der Waals surface area contributed by atoms with Crippen molar-refractivity contribution in [2.45, 2.75) is 0 Å². The molecule has 0 aliphatic rings. The average Bonchev–Trinajstić information content (AvgIpc) is 3.54. The first-order chi connectivity index (χ1) is 23.6. The molecule has 0 saturated carbocycles. The topological polar surface area (TPSA) is 88.9 Å². The zero-order chi connectivity index (χ0) is 32.5. The van der Waals surface area contributed by atoms with Gasteiger partial charge >= 0.3 is 0 Å². The van der Waals surface area contributed by atoms with Crippen LogP contribution in [0.4, 0.5) is 0 Å². The van der Waals surface area contributed by atoms with Gasteiger partial charge in [-0.1, -0.05) is 115 Å². The van der Waals surface area contributed by atoms with Crippen LogP contribution in [0.2, 0.25) is 0 Å². The van der Waals surface area contributed by atoms with E-state index in [1.165, 1.54) is 0 Å². The molecule has 5 heteroatoms. The van der Waals surface area contributed by atoms with Gasteiger partial charge in [-0.05, 0) is 75.3 Å². The molecule has 5 nitrogen and oxygen atoms in total. The van der Waals surface area contributed by atoms with Crippen molar-refractivity contribution >= 4 is 27.8 Å². The predicted octanol–water partition coefficient (Wildman–Crippen LogP) is 10.4. The number of pyridine rings is 1. The van der Waals surface area contributed by atoms with E-state index in [4.69, 9.17) is 9.83 Å². The summed E-state index contributed by atoms with van der Waals surface area (Å²) in [5.74, 6) is 0.217. The van der Waals surface area contributed by atoms with E-state index in [1.54, 1.807) is 6.20 Å². The summed E-state index contributed by atoms with van der Waals surface area (Å²) < 4.78 is 6.36. The minimum absolute atomic E-state index is 0.217. The smallest absolute Gasteiger partial charge is 0.154 e. The zero-order valence-electron chi connectivity index (χ0n) is 25.8. The van der Waals surface area contributed by atoms with Crippen LogP contribution < -0.4 is 5.49 Å². The van der Waals surface area contributed by atoms with Crippen molar-refractivity contribution < 1.29 is 4.42 Å². The number of rotatable bonds is 5. The molecule has 0 aliphatic heterocycles. The molecule has 2 heterocycles. The van der Waals surface area contributed by atoms with Gasteiger partial charge in [0.15, 0.2) is 5.84 Å². The molecule has 0 fully saturated rings.